The maximum absolute atomic E-state index is 13.1. The van der Waals surface area contributed by atoms with Crippen LogP contribution >= 0.6 is 11.6 Å². The van der Waals surface area contributed by atoms with Gasteiger partial charge in [-0.05, 0) is 70.8 Å². The monoisotopic (exact) mass is 359 g/mol. The second-order valence-corrected chi connectivity index (χ2v) is 8.54. The molecule has 1 aromatic carbocycles. The molecule has 0 spiro atoms. The Morgan fingerprint density at radius 3 is 2.64 bits per heavy atom. The zero-order chi connectivity index (χ0) is 17.7. The number of nitrogens with one attached hydrogen (secondary N) is 1. The number of halogens is 1. The summed E-state index contributed by atoms with van der Waals surface area (Å²) in [5, 5.41) is 5.08. The van der Waals surface area contributed by atoms with Crippen molar-refractivity contribution in [2.75, 3.05) is 19.6 Å². The zero-order valence-electron chi connectivity index (χ0n) is 15.0. The van der Waals surface area contributed by atoms with E-state index in [1.807, 2.05) is 48.9 Å². The molecule has 0 unspecified atom stereocenters. The summed E-state index contributed by atoms with van der Waals surface area (Å²) < 4.78 is 2.04. The fraction of sp³-hybridized carbons (Fsp3) is 0.550. The van der Waals surface area contributed by atoms with Gasteiger partial charge in [-0.1, -0.05) is 17.7 Å². The van der Waals surface area contributed by atoms with Crippen LogP contribution in [0.25, 0.3) is 10.9 Å². The number of rotatable bonds is 5. The van der Waals surface area contributed by atoms with Gasteiger partial charge in [-0.25, -0.2) is 0 Å². The van der Waals surface area contributed by atoms with Gasteiger partial charge in [0.2, 0.25) is 5.91 Å². The Balaban J connectivity index is 1.55. The van der Waals surface area contributed by atoms with E-state index in [1.54, 1.807) is 0 Å². The number of benzene rings is 1. The van der Waals surface area contributed by atoms with Crippen LogP contribution in [-0.2, 0) is 10.3 Å². The quantitative estimate of drug-likeness (QED) is 0.882. The average molecular weight is 360 g/mol. The first kappa shape index (κ1) is 16.9. The van der Waals surface area contributed by atoms with Gasteiger partial charge in [-0.3, -0.25) is 4.79 Å². The summed E-state index contributed by atoms with van der Waals surface area (Å²) in [6.07, 6.45) is 6.71. The molecule has 1 amide bonds. The first-order chi connectivity index (χ1) is 11.9. The molecule has 2 aliphatic rings. The molecule has 2 heterocycles. The zero-order valence-corrected chi connectivity index (χ0v) is 15.8. The van der Waals surface area contributed by atoms with Crippen LogP contribution in [-0.4, -0.2) is 40.5 Å². The molecule has 4 rings (SSSR count). The molecule has 1 saturated heterocycles. The van der Waals surface area contributed by atoms with Crippen LogP contribution in [0.1, 0.15) is 39.5 Å². The fourth-order valence-corrected chi connectivity index (χ4v) is 4.20. The predicted molar refractivity (Wildman–Crippen MR) is 102 cm³/mol. The molecule has 2 aromatic rings. The lowest BCUT2D eigenvalue weighted by atomic mass is 10.0. The molecular weight excluding hydrogens is 334 g/mol. The summed E-state index contributed by atoms with van der Waals surface area (Å²) in [6.45, 7) is 7.29. The van der Waals surface area contributed by atoms with Gasteiger partial charge in [0.1, 0.15) is 5.54 Å². The van der Waals surface area contributed by atoms with Crippen molar-refractivity contribution in [2.24, 2.45) is 0 Å². The number of carbonyl (C=O) groups is 1. The predicted octanol–water partition coefficient (Wildman–Crippen LogP) is 3.77. The highest BCUT2D eigenvalue weighted by atomic mass is 35.5. The topological polar surface area (TPSA) is 37.3 Å². The molecule has 1 saturated carbocycles. The maximum Gasteiger partial charge on any atom is 0.246 e. The lowest BCUT2D eigenvalue weighted by Gasteiger charge is -2.31. The highest BCUT2D eigenvalue weighted by Crippen LogP contribution is 2.38. The van der Waals surface area contributed by atoms with Crippen LogP contribution in [0.4, 0.5) is 0 Å². The van der Waals surface area contributed by atoms with Crippen LogP contribution in [0, 0.1) is 0 Å². The van der Waals surface area contributed by atoms with Crippen LogP contribution in [0.2, 0.25) is 5.02 Å². The van der Waals surface area contributed by atoms with Crippen molar-refractivity contribution in [1.29, 1.82) is 0 Å². The Morgan fingerprint density at radius 2 is 1.96 bits per heavy atom. The van der Waals surface area contributed by atoms with Crippen molar-refractivity contribution in [1.82, 2.24) is 14.8 Å². The standard InChI is InChI=1S/C20H26ClN3O/c1-19(2,24-13-8-15-16(21)6-5-7-17(15)24)18(25)22-20(9-10-20)14-23-11-3-4-12-23/h5-8,13H,3-4,9-12,14H2,1-2H3,(H,22,25). The first-order valence-corrected chi connectivity index (χ1v) is 9.60. The van der Waals surface area contributed by atoms with Gasteiger partial charge in [-0.2, -0.15) is 0 Å². The second kappa shape index (κ2) is 6.03. The molecule has 0 radical (unpaired) electrons. The molecule has 1 aliphatic heterocycles. The minimum absolute atomic E-state index is 0.0146. The van der Waals surface area contributed by atoms with Gasteiger partial charge in [-0.15, -0.1) is 0 Å². The summed E-state index contributed by atoms with van der Waals surface area (Å²) in [5.74, 6) is 0.0849. The Hall–Kier alpha value is -1.52. The lowest BCUT2D eigenvalue weighted by Crippen LogP contribution is -2.52. The molecule has 134 valence electrons. The van der Waals surface area contributed by atoms with Crippen molar-refractivity contribution < 1.29 is 4.79 Å². The highest BCUT2D eigenvalue weighted by molar-refractivity contribution is 6.35. The minimum Gasteiger partial charge on any atom is -0.347 e. The van der Waals surface area contributed by atoms with E-state index in [9.17, 15) is 4.79 Å². The van der Waals surface area contributed by atoms with E-state index in [2.05, 4.69) is 10.2 Å². The number of hydrogen-bond acceptors (Lipinski definition) is 2. The number of likely N-dealkylation sites (tertiary alicyclic amines) is 1. The molecule has 5 heteroatoms. The molecule has 2 fully saturated rings. The Bertz CT molecular complexity index is 800. The lowest BCUT2D eigenvalue weighted by molar-refractivity contribution is -0.129. The van der Waals surface area contributed by atoms with E-state index in [4.69, 9.17) is 11.6 Å². The summed E-state index contributed by atoms with van der Waals surface area (Å²) in [4.78, 5) is 15.6. The van der Waals surface area contributed by atoms with Gasteiger partial charge in [0.05, 0.1) is 11.1 Å². The molecule has 1 aromatic heterocycles. The summed E-state index contributed by atoms with van der Waals surface area (Å²) in [7, 11) is 0. The largest absolute Gasteiger partial charge is 0.347 e. The maximum atomic E-state index is 13.1. The van der Waals surface area contributed by atoms with E-state index in [0.29, 0.717) is 0 Å². The second-order valence-electron chi connectivity index (χ2n) is 8.14. The number of hydrogen-bond donors (Lipinski definition) is 1. The van der Waals surface area contributed by atoms with Crippen molar-refractivity contribution in [3.63, 3.8) is 0 Å². The van der Waals surface area contributed by atoms with Gasteiger partial charge in [0, 0.05) is 23.2 Å². The highest BCUT2D eigenvalue weighted by Gasteiger charge is 2.47. The van der Waals surface area contributed by atoms with Crippen molar-refractivity contribution >= 4 is 28.4 Å². The van der Waals surface area contributed by atoms with E-state index >= 15 is 0 Å². The van der Waals surface area contributed by atoms with Gasteiger partial charge in [0.15, 0.2) is 0 Å². The molecule has 25 heavy (non-hydrogen) atoms. The van der Waals surface area contributed by atoms with E-state index in [0.717, 1.165) is 35.3 Å². The molecular formula is C20H26ClN3O. The van der Waals surface area contributed by atoms with Gasteiger partial charge < -0.3 is 14.8 Å². The number of amides is 1. The Morgan fingerprint density at radius 1 is 1.24 bits per heavy atom. The normalized spacial score (nSPS) is 20.1. The average Bonchev–Trinajstić information content (AvgIpc) is 2.99. The number of carbonyl (C=O) groups excluding carboxylic acids is 1. The van der Waals surface area contributed by atoms with Crippen LogP contribution < -0.4 is 5.32 Å². The third-order valence-electron chi connectivity index (χ3n) is 5.79. The van der Waals surface area contributed by atoms with Crippen molar-refractivity contribution in [3.05, 3.63) is 35.5 Å². The first-order valence-electron chi connectivity index (χ1n) is 9.22. The Kier molecular flexibility index (Phi) is 4.08. The molecule has 1 N–H and O–H groups in total. The number of nitrogens with zero attached hydrogens (tertiary/aromatic N) is 2. The number of aromatic nitrogens is 1. The van der Waals surface area contributed by atoms with Gasteiger partial charge >= 0.3 is 0 Å². The van der Waals surface area contributed by atoms with Gasteiger partial charge in [0.25, 0.3) is 0 Å². The third kappa shape index (κ3) is 3.06. The SMILES string of the molecule is CC(C)(C(=O)NC1(CN2CCCC2)CC1)n1ccc2c(Cl)cccc21. The van der Waals surface area contributed by atoms with E-state index < -0.39 is 5.54 Å². The minimum atomic E-state index is -0.660. The molecule has 4 nitrogen and oxygen atoms in total. The number of fused-ring (bicyclic) bond motifs is 1. The van der Waals surface area contributed by atoms with Crippen LogP contribution in [0.5, 0.6) is 0 Å². The third-order valence-corrected chi connectivity index (χ3v) is 6.12. The summed E-state index contributed by atoms with van der Waals surface area (Å²) in [6, 6.07) is 7.83. The van der Waals surface area contributed by atoms with E-state index in [-0.39, 0.29) is 11.4 Å². The van der Waals surface area contributed by atoms with Crippen LogP contribution in [0.15, 0.2) is 30.5 Å². The van der Waals surface area contributed by atoms with Crippen molar-refractivity contribution in [3.8, 4) is 0 Å². The van der Waals surface area contributed by atoms with Crippen molar-refractivity contribution in [2.45, 2.75) is 50.6 Å². The molecule has 0 atom stereocenters. The fourth-order valence-electron chi connectivity index (χ4n) is 3.96. The molecule has 0 bridgehead atoms. The summed E-state index contributed by atoms with van der Waals surface area (Å²) >= 11 is 6.29. The smallest absolute Gasteiger partial charge is 0.246 e. The molecule has 1 aliphatic carbocycles. The van der Waals surface area contributed by atoms with E-state index in [1.165, 1.54) is 25.9 Å². The summed E-state index contributed by atoms with van der Waals surface area (Å²) in [5.41, 5.74) is 0.323. The Labute approximate surface area is 154 Å². The van der Waals surface area contributed by atoms with Crippen LogP contribution in [0.3, 0.4) is 0 Å².